The second-order valence-electron chi connectivity index (χ2n) is 3.67. The number of nitrogen functional groups attached to an aromatic ring is 1. The van der Waals surface area contributed by atoms with Gasteiger partial charge in [-0.25, -0.2) is 0 Å². The van der Waals surface area contributed by atoms with E-state index in [1.54, 1.807) is 17.0 Å². The van der Waals surface area contributed by atoms with Crippen molar-refractivity contribution in [3.8, 4) is 12.3 Å². The highest BCUT2D eigenvalue weighted by Crippen LogP contribution is 2.25. The van der Waals surface area contributed by atoms with Gasteiger partial charge in [-0.05, 0) is 18.2 Å². The average molecular weight is 200 g/mol. The molecule has 0 aliphatic carbocycles. The number of anilines is 2. The van der Waals surface area contributed by atoms with Crippen LogP contribution < -0.4 is 10.6 Å². The quantitative estimate of drug-likeness (QED) is 0.548. The maximum atomic E-state index is 11.6. The summed E-state index contributed by atoms with van der Waals surface area (Å²) in [6.45, 7) is 0.596. The number of carbonyl (C=O) groups excluding carboxylic acids is 1. The van der Waals surface area contributed by atoms with Gasteiger partial charge in [0.2, 0.25) is 5.91 Å². The van der Waals surface area contributed by atoms with E-state index in [0.29, 0.717) is 18.7 Å². The summed E-state index contributed by atoms with van der Waals surface area (Å²) in [5.74, 6) is 2.71. The Bertz CT molecular complexity index is 433. The third-order valence-electron chi connectivity index (χ3n) is 2.54. The Morgan fingerprint density at radius 3 is 2.93 bits per heavy atom. The summed E-state index contributed by atoms with van der Waals surface area (Å²) >= 11 is 0. The summed E-state index contributed by atoms with van der Waals surface area (Å²) in [5.41, 5.74) is 7.15. The summed E-state index contributed by atoms with van der Waals surface area (Å²) < 4.78 is 0. The van der Waals surface area contributed by atoms with Crippen LogP contribution in [0.1, 0.15) is 6.42 Å². The van der Waals surface area contributed by atoms with E-state index >= 15 is 0 Å². The van der Waals surface area contributed by atoms with Gasteiger partial charge in [0.15, 0.2) is 0 Å². The van der Waals surface area contributed by atoms with Crippen LogP contribution in [0.3, 0.4) is 0 Å². The molecular weight excluding hydrogens is 188 g/mol. The maximum absolute atomic E-state index is 11.6. The predicted molar refractivity (Wildman–Crippen MR) is 60.1 cm³/mol. The SMILES string of the molecule is C#CC1CC(=O)N(c2cccc(N)c2)C1. The molecule has 0 aromatic heterocycles. The molecule has 76 valence electrons. The first-order chi connectivity index (χ1) is 7.20. The minimum absolute atomic E-state index is 0.0268. The molecule has 1 saturated heterocycles. The first-order valence-electron chi connectivity index (χ1n) is 4.83. The summed E-state index contributed by atoms with van der Waals surface area (Å²) in [7, 11) is 0. The van der Waals surface area contributed by atoms with Crippen molar-refractivity contribution in [3.05, 3.63) is 24.3 Å². The smallest absolute Gasteiger partial charge is 0.228 e. The van der Waals surface area contributed by atoms with Crippen molar-refractivity contribution >= 4 is 17.3 Å². The van der Waals surface area contributed by atoms with Crippen LogP contribution in [0.5, 0.6) is 0 Å². The zero-order valence-corrected chi connectivity index (χ0v) is 8.31. The fourth-order valence-corrected chi connectivity index (χ4v) is 1.76. The summed E-state index contributed by atoms with van der Waals surface area (Å²) in [4.78, 5) is 13.3. The zero-order chi connectivity index (χ0) is 10.8. The van der Waals surface area contributed by atoms with Gasteiger partial charge in [-0.3, -0.25) is 4.79 Å². The Morgan fingerprint density at radius 1 is 1.53 bits per heavy atom. The largest absolute Gasteiger partial charge is 0.399 e. The number of hydrogen-bond donors (Lipinski definition) is 1. The van der Waals surface area contributed by atoms with E-state index in [-0.39, 0.29) is 11.8 Å². The minimum Gasteiger partial charge on any atom is -0.399 e. The van der Waals surface area contributed by atoms with Crippen LogP contribution >= 0.6 is 0 Å². The van der Waals surface area contributed by atoms with E-state index in [4.69, 9.17) is 12.2 Å². The highest BCUT2D eigenvalue weighted by Gasteiger charge is 2.29. The van der Waals surface area contributed by atoms with E-state index in [9.17, 15) is 4.79 Å². The van der Waals surface area contributed by atoms with E-state index in [0.717, 1.165) is 5.69 Å². The Hall–Kier alpha value is -1.95. The van der Waals surface area contributed by atoms with Gasteiger partial charge in [0.1, 0.15) is 0 Å². The second kappa shape index (κ2) is 3.66. The molecule has 0 saturated carbocycles. The fourth-order valence-electron chi connectivity index (χ4n) is 1.76. The monoisotopic (exact) mass is 200 g/mol. The lowest BCUT2D eigenvalue weighted by Gasteiger charge is -2.16. The van der Waals surface area contributed by atoms with E-state index in [1.807, 2.05) is 12.1 Å². The second-order valence-corrected chi connectivity index (χ2v) is 3.67. The van der Waals surface area contributed by atoms with Gasteiger partial charge in [0, 0.05) is 30.3 Å². The molecule has 0 radical (unpaired) electrons. The molecule has 1 aromatic rings. The Morgan fingerprint density at radius 2 is 2.33 bits per heavy atom. The molecule has 1 atom stereocenters. The van der Waals surface area contributed by atoms with Crippen LogP contribution in [0.25, 0.3) is 0 Å². The number of hydrogen-bond acceptors (Lipinski definition) is 2. The molecule has 1 aliphatic heterocycles. The molecule has 1 aliphatic rings. The summed E-state index contributed by atoms with van der Waals surface area (Å²) in [6.07, 6.45) is 5.75. The lowest BCUT2D eigenvalue weighted by Crippen LogP contribution is -2.24. The highest BCUT2D eigenvalue weighted by molar-refractivity contribution is 5.96. The molecule has 15 heavy (non-hydrogen) atoms. The van der Waals surface area contributed by atoms with Crippen LogP contribution in [0.15, 0.2) is 24.3 Å². The molecule has 1 aromatic carbocycles. The Balaban J connectivity index is 2.26. The molecule has 1 fully saturated rings. The average Bonchev–Trinajstić information content (AvgIpc) is 2.60. The standard InChI is InChI=1S/C12H12N2O/c1-2-9-6-12(15)14(8-9)11-5-3-4-10(13)7-11/h1,3-5,7,9H,6,8,13H2. The van der Waals surface area contributed by atoms with Crippen molar-refractivity contribution < 1.29 is 4.79 Å². The van der Waals surface area contributed by atoms with Gasteiger partial charge in [0.25, 0.3) is 0 Å². The zero-order valence-electron chi connectivity index (χ0n) is 8.31. The molecule has 3 heteroatoms. The molecule has 1 amide bonds. The number of carbonyl (C=O) groups is 1. The third kappa shape index (κ3) is 1.79. The van der Waals surface area contributed by atoms with Crippen molar-refractivity contribution in [2.24, 2.45) is 5.92 Å². The topological polar surface area (TPSA) is 46.3 Å². The van der Waals surface area contributed by atoms with Gasteiger partial charge in [-0.2, -0.15) is 0 Å². The predicted octanol–water partition coefficient (Wildman–Crippen LogP) is 1.25. The van der Waals surface area contributed by atoms with Gasteiger partial charge < -0.3 is 10.6 Å². The highest BCUT2D eigenvalue weighted by atomic mass is 16.2. The lowest BCUT2D eigenvalue weighted by molar-refractivity contribution is -0.117. The molecular formula is C12H12N2O. The summed E-state index contributed by atoms with van der Waals surface area (Å²) in [5, 5.41) is 0. The van der Waals surface area contributed by atoms with Gasteiger partial charge >= 0.3 is 0 Å². The van der Waals surface area contributed by atoms with Crippen molar-refractivity contribution in [3.63, 3.8) is 0 Å². The minimum atomic E-state index is 0.0268. The molecule has 3 nitrogen and oxygen atoms in total. The number of rotatable bonds is 1. The van der Waals surface area contributed by atoms with Crippen molar-refractivity contribution in [1.29, 1.82) is 0 Å². The van der Waals surface area contributed by atoms with Crippen LogP contribution in [-0.2, 0) is 4.79 Å². The molecule has 0 spiro atoms. The first-order valence-corrected chi connectivity index (χ1v) is 4.83. The van der Waals surface area contributed by atoms with Crippen LogP contribution in [-0.4, -0.2) is 12.5 Å². The molecule has 2 rings (SSSR count). The maximum Gasteiger partial charge on any atom is 0.228 e. The van der Waals surface area contributed by atoms with E-state index in [2.05, 4.69) is 5.92 Å². The lowest BCUT2D eigenvalue weighted by atomic mass is 10.1. The molecule has 0 bridgehead atoms. The van der Waals surface area contributed by atoms with E-state index < -0.39 is 0 Å². The van der Waals surface area contributed by atoms with Crippen LogP contribution in [0, 0.1) is 18.3 Å². The first kappa shape index (κ1) is 9.60. The number of nitrogens with zero attached hydrogens (tertiary/aromatic N) is 1. The molecule has 1 unspecified atom stereocenters. The normalized spacial score (nSPS) is 20.3. The van der Waals surface area contributed by atoms with Crippen molar-refractivity contribution in [2.75, 3.05) is 17.2 Å². The number of nitrogens with two attached hydrogens (primary N) is 1. The molecule has 1 heterocycles. The van der Waals surface area contributed by atoms with Crippen LogP contribution in [0.2, 0.25) is 0 Å². The van der Waals surface area contributed by atoms with Gasteiger partial charge in [0.05, 0.1) is 0 Å². The van der Waals surface area contributed by atoms with Gasteiger partial charge in [-0.15, -0.1) is 12.3 Å². The number of benzene rings is 1. The third-order valence-corrected chi connectivity index (χ3v) is 2.54. The van der Waals surface area contributed by atoms with Crippen LogP contribution in [0.4, 0.5) is 11.4 Å². The van der Waals surface area contributed by atoms with Crippen molar-refractivity contribution in [1.82, 2.24) is 0 Å². The molecule has 2 N–H and O–H groups in total. The van der Waals surface area contributed by atoms with Crippen molar-refractivity contribution in [2.45, 2.75) is 6.42 Å². The van der Waals surface area contributed by atoms with Gasteiger partial charge in [-0.1, -0.05) is 6.07 Å². The number of amides is 1. The number of terminal acetylenes is 1. The Labute approximate surface area is 88.9 Å². The Kier molecular flexibility index (Phi) is 2.34. The summed E-state index contributed by atoms with van der Waals surface area (Å²) in [6, 6.07) is 7.29. The fraction of sp³-hybridized carbons (Fsp3) is 0.250. The van der Waals surface area contributed by atoms with E-state index in [1.165, 1.54) is 0 Å².